The largest absolute Gasteiger partial charge is 0.493 e. The third-order valence-electron chi connectivity index (χ3n) is 2.55. The van der Waals surface area contributed by atoms with Crippen LogP contribution in [0.25, 0.3) is 0 Å². The van der Waals surface area contributed by atoms with Gasteiger partial charge in [0.05, 0.1) is 6.61 Å². The fourth-order valence-corrected chi connectivity index (χ4v) is 1.72. The minimum Gasteiger partial charge on any atom is -0.493 e. The van der Waals surface area contributed by atoms with Gasteiger partial charge in [-0.2, -0.15) is 0 Å². The van der Waals surface area contributed by atoms with Crippen molar-refractivity contribution in [3.8, 4) is 5.75 Å². The van der Waals surface area contributed by atoms with Crippen LogP contribution in [0.1, 0.15) is 11.1 Å². The molecule has 0 spiro atoms. The number of hydrogen-bond donors (Lipinski definition) is 0. The van der Waals surface area contributed by atoms with Gasteiger partial charge < -0.3 is 4.74 Å². The number of pyridine rings is 1. The van der Waals surface area contributed by atoms with Crippen molar-refractivity contribution in [1.82, 2.24) is 4.98 Å². The summed E-state index contributed by atoms with van der Waals surface area (Å²) in [6.07, 6.45) is 4.45. The predicted octanol–water partition coefficient (Wildman–Crippen LogP) is 3.66. The lowest BCUT2D eigenvalue weighted by molar-refractivity contribution is 0.320. The van der Waals surface area contributed by atoms with Crippen LogP contribution in [-0.4, -0.2) is 11.6 Å². The first kappa shape index (κ1) is 11.9. The zero-order valence-corrected chi connectivity index (χ0v) is 10.4. The van der Waals surface area contributed by atoms with Crippen LogP contribution in [0.5, 0.6) is 5.75 Å². The van der Waals surface area contributed by atoms with Crippen molar-refractivity contribution < 1.29 is 4.74 Å². The molecule has 0 unspecified atom stereocenters. The van der Waals surface area contributed by atoms with E-state index >= 15 is 0 Å². The van der Waals surface area contributed by atoms with E-state index in [1.54, 1.807) is 12.4 Å². The Hall–Kier alpha value is -1.54. The fourth-order valence-electron chi connectivity index (χ4n) is 1.56. The van der Waals surface area contributed by atoms with E-state index in [0.29, 0.717) is 11.6 Å². The van der Waals surface area contributed by atoms with E-state index in [0.717, 1.165) is 17.7 Å². The third kappa shape index (κ3) is 3.46. The number of rotatable bonds is 4. The van der Waals surface area contributed by atoms with Gasteiger partial charge in [0.15, 0.2) is 0 Å². The van der Waals surface area contributed by atoms with Crippen molar-refractivity contribution in [2.45, 2.75) is 13.3 Å². The van der Waals surface area contributed by atoms with Crippen LogP contribution in [0.3, 0.4) is 0 Å². The van der Waals surface area contributed by atoms with E-state index < -0.39 is 0 Å². The minimum atomic E-state index is 0.644. The molecule has 2 rings (SSSR count). The van der Waals surface area contributed by atoms with E-state index in [9.17, 15) is 0 Å². The van der Waals surface area contributed by atoms with Crippen molar-refractivity contribution in [3.05, 3.63) is 58.9 Å². The molecule has 0 aliphatic carbocycles. The van der Waals surface area contributed by atoms with E-state index in [4.69, 9.17) is 16.3 Å². The number of nitrogens with zero attached hydrogens (tertiary/aromatic N) is 1. The van der Waals surface area contributed by atoms with Crippen molar-refractivity contribution >= 4 is 11.6 Å². The summed E-state index contributed by atoms with van der Waals surface area (Å²) < 4.78 is 5.72. The molecular weight excluding hydrogens is 234 g/mol. The second-order valence-corrected chi connectivity index (χ2v) is 4.30. The Morgan fingerprint density at radius 2 is 1.94 bits per heavy atom. The van der Waals surface area contributed by atoms with Crippen LogP contribution in [0.2, 0.25) is 5.02 Å². The normalized spacial score (nSPS) is 10.2. The molecule has 0 atom stereocenters. The zero-order chi connectivity index (χ0) is 12.1. The minimum absolute atomic E-state index is 0.644. The SMILES string of the molecule is Cc1ccc(Cl)cc1OCCc1ccncc1. The lowest BCUT2D eigenvalue weighted by Gasteiger charge is -2.09. The Morgan fingerprint density at radius 3 is 2.71 bits per heavy atom. The number of aromatic nitrogens is 1. The van der Waals surface area contributed by atoms with Gasteiger partial charge >= 0.3 is 0 Å². The lowest BCUT2D eigenvalue weighted by Crippen LogP contribution is -2.02. The molecule has 3 heteroatoms. The maximum absolute atomic E-state index is 5.92. The van der Waals surface area contributed by atoms with Gasteiger partial charge in [0.25, 0.3) is 0 Å². The summed E-state index contributed by atoms with van der Waals surface area (Å²) in [5, 5.41) is 0.703. The molecule has 88 valence electrons. The average Bonchev–Trinajstić information content (AvgIpc) is 2.35. The molecular formula is C14H14ClNO. The maximum atomic E-state index is 5.92. The highest BCUT2D eigenvalue weighted by Crippen LogP contribution is 2.22. The Bertz CT molecular complexity index is 485. The fraction of sp³-hybridized carbons (Fsp3) is 0.214. The molecule has 2 aromatic rings. The molecule has 2 nitrogen and oxygen atoms in total. The summed E-state index contributed by atoms with van der Waals surface area (Å²) in [6.45, 7) is 2.66. The highest BCUT2D eigenvalue weighted by molar-refractivity contribution is 6.30. The average molecular weight is 248 g/mol. The smallest absolute Gasteiger partial charge is 0.123 e. The molecule has 1 heterocycles. The van der Waals surface area contributed by atoms with Crippen molar-refractivity contribution in [3.63, 3.8) is 0 Å². The molecule has 0 amide bonds. The summed E-state index contributed by atoms with van der Waals surface area (Å²) in [5.41, 5.74) is 2.32. The van der Waals surface area contributed by atoms with Crippen LogP contribution in [0.4, 0.5) is 0 Å². The highest BCUT2D eigenvalue weighted by Gasteiger charge is 2.00. The van der Waals surface area contributed by atoms with Gasteiger partial charge in [-0.25, -0.2) is 0 Å². The third-order valence-corrected chi connectivity index (χ3v) is 2.78. The first-order chi connectivity index (χ1) is 8.25. The molecule has 0 saturated carbocycles. The van der Waals surface area contributed by atoms with Crippen molar-refractivity contribution in [2.75, 3.05) is 6.61 Å². The van der Waals surface area contributed by atoms with E-state index in [1.807, 2.05) is 37.3 Å². The quantitative estimate of drug-likeness (QED) is 0.823. The number of halogens is 1. The first-order valence-electron chi connectivity index (χ1n) is 5.53. The molecule has 0 N–H and O–H groups in total. The van der Waals surface area contributed by atoms with Gasteiger partial charge in [0.2, 0.25) is 0 Å². The standard InChI is InChI=1S/C14H14ClNO/c1-11-2-3-13(15)10-14(11)17-9-6-12-4-7-16-8-5-12/h2-5,7-8,10H,6,9H2,1H3. The van der Waals surface area contributed by atoms with E-state index in [-0.39, 0.29) is 0 Å². The van der Waals surface area contributed by atoms with Gasteiger partial charge in [-0.05, 0) is 42.3 Å². The second-order valence-electron chi connectivity index (χ2n) is 3.86. The van der Waals surface area contributed by atoms with Crippen molar-refractivity contribution in [1.29, 1.82) is 0 Å². The molecule has 0 fully saturated rings. The molecule has 0 saturated heterocycles. The van der Waals surface area contributed by atoms with E-state index in [2.05, 4.69) is 4.98 Å². The summed E-state index contributed by atoms with van der Waals surface area (Å²) in [4.78, 5) is 3.98. The molecule has 0 aliphatic heterocycles. The van der Waals surface area contributed by atoms with Crippen molar-refractivity contribution in [2.24, 2.45) is 0 Å². The summed E-state index contributed by atoms with van der Waals surface area (Å²) in [5.74, 6) is 0.853. The Labute approximate surface area is 106 Å². The predicted molar refractivity (Wildman–Crippen MR) is 69.6 cm³/mol. The molecule has 0 bridgehead atoms. The maximum Gasteiger partial charge on any atom is 0.123 e. The second kappa shape index (κ2) is 5.69. The molecule has 1 aromatic heterocycles. The number of benzene rings is 1. The van der Waals surface area contributed by atoms with E-state index in [1.165, 1.54) is 5.56 Å². The van der Waals surface area contributed by atoms with Crippen LogP contribution in [0.15, 0.2) is 42.7 Å². The summed E-state index contributed by atoms with van der Waals surface area (Å²) in [7, 11) is 0. The topological polar surface area (TPSA) is 22.1 Å². The number of hydrogen-bond acceptors (Lipinski definition) is 2. The number of aryl methyl sites for hydroxylation is 1. The molecule has 0 radical (unpaired) electrons. The first-order valence-corrected chi connectivity index (χ1v) is 5.91. The van der Waals surface area contributed by atoms with Gasteiger partial charge in [-0.3, -0.25) is 4.98 Å². The van der Waals surface area contributed by atoms with Gasteiger partial charge in [-0.1, -0.05) is 17.7 Å². The molecule has 1 aromatic carbocycles. The summed E-state index contributed by atoms with van der Waals surface area (Å²) in [6, 6.07) is 9.67. The Balaban J connectivity index is 1.92. The summed E-state index contributed by atoms with van der Waals surface area (Å²) >= 11 is 5.92. The zero-order valence-electron chi connectivity index (χ0n) is 9.69. The number of ether oxygens (including phenoxy) is 1. The Kier molecular flexibility index (Phi) is 3.99. The van der Waals surface area contributed by atoms with Gasteiger partial charge in [0, 0.05) is 23.8 Å². The van der Waals surface area contributed by atoms with Crippen LogP contribution in [0, 0.1) is 6.92 Å². The van der Waals surface area contributed by atoms with Crippen LogP contribution < -0.4 is 4.74 Å². The van der Waals surface area contributed by atoms with Crippen LogP contribution >= 0.6 is 11.6 Å². The Morgan fingerprint density at radius 1 is 1.18 bits per heavy atom. The van der Waals surface area contributed by atoms with Gasteiger partial charge in [0.1, 0.15) is 5.75 Å². The van der Waals surface area contributed by atoms with Gasteiger partial charge in [-0.15, -0.1) is 0 Å². The monoisotopic (exact) mass is 247 g/mol. The van der Waals surface area contributed by atoms with Crippen LogP contribution in [-0.2, 0) is 6.42 Å². The highest BCUT2D eigenvalue weighted by atomic mass is 35.5. The lowest BCUT2D eigenvalue weighted by atomic mass is 10.2. The molecule has 17 heavy (non-hydrogen) atoms. The molecule has 0 aliphatic rings.